The standard InChI is InChI=1S/C25H25F3N6O3/c1-37-23(36)33-14-2-11-24(33,25(26,27)28)16-5-7-17(8-6-16)31-21-20-19(10-13-30-22(20)35)34(32-21)18(9-12-29)15-3-4-15/h5-8,10,13,15,18H,2-4,9,11,14H2,1H3,(H,30,35)(H,31,32). The SMILES string of the molecule is COC(=O)N1CCCC1(c1ccc(Nc2nn(C(CC#N)C3CC3)c3cc[nH]c(=O)c23)cc1)C(F)(F)F. The van der Waals surface area contributed by atoms with Crippen LogP contribution >= 0.6 is 0 Å². The van der Waals surface area contributed by atoms with Crippen molar-refractivity contribution in [3.63, 3.8) is 0 Å². The summed E-state index contributed by atoms with van der Waals surface area (Å²) in [5.41, 5.74) is -1.94. The zero-order valence-corrected chi connectivity index (χ0v) is 20.0. The molecule has 1 aromatic carbocycles. The number of benzene rings is 1. The molecule has 0 bridgehead atoms. The van der Waals surface area contributed by atoms with Gasteiger partial charge in [0, 0.05) is 18.4 Å². The number of likely N-dealkylation sites (tertiary alicyclic amines) is 1. The Morgan fingerprint density at radius 3 is 2.68 bits per heavy atom. The third-order valence-corrected chi connectivity index (χ3v) is 7.28. The number of nitriles is 1. The average Bonchev–Trinajstić information content (AvgIpc) is 3.49. The van der Waals surface area contributed by atoms with Gasteiger partial charge in [0.05, 0.1) is 31.2 Å². The third kappa shape index (κ3) is 4.08. The average molecular weight is 515 g/mol. The van der Waals surface area contributed by atoms with Crippen molar-refractivity contribution in [3.05, 3.63) is 52.4 Å². The largest absolute Gasteiger partial charge is 0.453 e. The molecule has 9 nitrogen and oxygen atoms in total. The fourth-order valence-electron chi connectivity index (χ4n) is 5.37. The number of pyridine rings is 1. The summed E-state index contributed by atoms with van der Waals surface area (Å²) in [6.45, 7) is -0.0662. The predicted octanol–water partition coefficient (Wildman–Crippen LogP) is 4.95. The van der Waals surface area contributed by atoms with E-state index in [-0.39, 0.29) is 48.8 Å². The number of ether oxygens (including phenoxy) is 1. The number of hydrogen-bond donors (Lipinski definition) is 2. The second kappa shape index (κ2) is 9.14. The lowest BCUT2D eigenvalue weighted by atomic mass is 9.86. The molecular weight excluding hydrogens is 489 g/mol. The summed E-state index contributed by atoms with van der Waals surface area (Å²) in [6.07, 6.45) is -2.11. The van der Waals surface area contributed by atoms with Gasteiger partial charge in [0.1, 0.15) is 5.39 Å². The molecule has 0 spiro atoms. The van der Waals surface area contributed by atoms with Gasteiger partial charge in [-0.2, -0.15) is 23.5 Å². The first-order valence-corrected chi connectivity index (χ1v) is 12.0. The molecule has 12 heteroatoms. The molecule has 2 atom stereocenters. The molecule has 2 aromatic heterocycles. The summed E-state index contributed by atoms with van der Waals surface area (Å²) >= 11 is 0. The number of fused-ring (bicyclic) bond motifs is 1. The van der Waals surface area contributed by atoms with Crippen LogP contribution in [0.25, 0.3) is 10.9 Å². The van der Waals surface area contributed by atoms with Crippen LogP contribution in [0.1, 0.15) is 43.7 Å². The Kier molecular flexibility index (Phi) is 6.09. The van der Waals surface area contributed by atoms with E-state index in [9.17, 15) is 28.0 Å². The first kappa shape index (κ1) is 24.7. The fraction of sp³-hybridized carbons (Fsp3) is 0.440. The smallest absolute Gasteiger partial charge is 0.416 e. The zero-order chi connectivity index (χ0) is 26.4. The fourth-order valence-corrected chi connectivity index (χ4v) is 5.37. The van der Waals surface area contributed by atoms with Gasteiger partial charge >= 0.3 is 12.3 Å². The number of methoxy groups -OCH3 is 1. The van der Waals surface area contributed by atoms with Crippen LogP contribution in [0.5, 0.6) is 0 Å². The van der Waals surface area contributed by atoms with Gasteiger partial charge in [0.25, 0.3) is 5.56 Å². The van der Waals surface area contributed by atoms with Crippen LogP contribution in [0.4, 0.5) is 29.5 Å². The number of rotatable bonds is 6. The second-order valence-electron chi connectivity index (χ2n) is 9.41. The molecule has 0 radical (unpaired) electrons. The van der Waals surface area contributed by atoms with Crippen molar-refractivity contribution < 1.29 is 22.7 Å². The summed E-state index contributed by atoms with van der Waals surface area (Å²) in [7, 11) is 1.06. The number of aromatic nitrogens is 3. The molecule has 194 valence electrons. The van der Waals surface area contributed by atoms with Crippen molar-refractivity contribution >= 4 is 28.5 Å². The van der Waals surface area contributed by atoms with E-state index in [0.29, 0.717) is 22.5 Å². The van der Waals surface area contributed by atoms with Crippen molar-refractivity contribution in [2.24, 2.45) is 5.92 Å². The minimum Gasteiger partial charge on any atom is -0.453 e. The molecule has 2 fully saturated rings. The molecular formula is C25H25F3N6O3. The number of nitrogens with one attached hydrogen (secondary N) is 2. The monoisotopic (exact) mass is 514 g/mol. The molecule has 1 aliphatic heterocycles. The third-order valence-electron chi connectivity index (χ3n) is 7.28. The summed E-state index contributed by atoms with van der Waals surface area (Å²) in [5, 5.41) is 17.3. The van der Waals surface area contributed by atoms with Crippen LogP contribution < -0.4 is 10.9 Å². The Morgan fingerprint density at radius 2 is 2.05 bits per heavy atom. The lowest BCUT2D eigenvalue weighted by molar-refractivity contribution is -0.222. The van der Waals surface area contributed by atoms with E-state index >= 15 is 0 Å². The highest BCUT2D eigenvalue weighted by Crippen LogP contribution is 2.51. The number of amides is 1. The first-order valence-electron chi connectivity index (χ1n) is 12.0. The van der Waals surface area contributed by atoms with Crippen LogP contribution in [0.2, 0.25) is 0 Å². The number of alkyl halides is 3. The van der Waals surface area contributed by atoms with E-state index in [1.54, 1.807) is 10.7 Å². The molecule has 5 rings (SSSR count). The Bertz CT molecular complexity index is 1420. The summed E-state index contributed by atoms with van der Waals surface area (Å²) < 4.78 is 49.5. The van der Waals surface area contributed by atoms with E-state index in [1.165, 1.54) is 30.5 Å². The van der Waals surface area contributed by atoms with Crippen molar-refractivity contribution in [3.8, 4) is 6.07 Å². The van der Waals surface area contributed by atoms with Gasteiger partial charge in [-0.3, -0.25) is 14.4 Å². The van der Waals surface area contributed by atoms with Gasteiger partial charge < -0.3 is 15.0 Å². The van der Waals surface area contributed by atoms with E-state index in [2.05, 4.69) is 26.2 Å². The minimum atomic E-state index is -4.71. The maximum Gasteiger partial charge on any atom is 0.416 e. The van der Waals surface area contributed by atoms with Gasteiger partial charge in [-0.05, 0) is 55.4 Å². The van der Waals surface area contributed by atoms with Crippen molar-refractivity contribution in [2.45, 2.75) is 49.9 Å². The number of halogens is 3. The summed E-state index contributed by atoms with van der Waals surface area (Å²) in [4.78, 5) is 28.3. The Morgan fingerprint density at radius 1 is 1.32 bits per heavy atom. The topological polar surface area (TPSA) is 116 Å². The molecule has 37 heavy (non-hydrogen) atoms. The highest BCUT2D eigenvalue weighted by Gasteiger charge is 2.63. The molecule has 3 aromatic rings. The maximum atomic E-state index is 14.4. The van der Waals surface area contributed by atoms with Crippen LogP contribution in [0.3, 0.4) is 0 Å². The predicted molar refractivity (Wildman–Crippen MR) is 128 cm³/mol. The first-order chi connectivity index (χ1) is 17.7. The lowest BCUT2D eigenvalue weighted by Gasteiger charge is -2.39. The number of carbonyl (C=O) groups is 1. The Hall–Kier alpha value is -4.01. The molecule has 1 amide bonds. The van der Waals surface area contributed by atoms with Gasteiger partial charge in [-0.15, -0.1) is 0 Å². The van der Waals surface area contributed by atoms with Gasteiger partial charge in [0.2, 0.25) is 0 Å². The number of nitrogens with zero attached hydrogens (tertiary/aromatic N) is 4. The van der Waals surface area contributed by atoms with Gasteiger partial charge in [0.15, 0.2) is 11.4 Å². The summed E-state index contributed by atoms with van der Waals surface area (Å²) in [5.74, 6) is 0.549. The normalized spacial score (nSPS) is 20.6. The van der Waals surface area contributed by atoms with Gasteiger partial charge in [-0.25, -0.2) is 4.79 Å². The van der Waals surface area contributed by atoms with E-state index in [4.69, 9.17) is 0 Å². The molecule has 1 saturated heterocycles. The molecule has 2 unspecified atom stereocenters. The minimum absolute atomic E-state index is 0.0662. The van der Waals surface area contributed by atoms with Crippen molar-refractivity contribution in [1.29, 1.82) is 5.26 Å². The van der Waals surface area contributed by atoms with Gasteiger partial charge in [-0.1, -0.05) is 12.1 Å². The van der Waals surface area contributed by atoms with Crippen molar-refractivity contribution in [1.82, 2.24) is 19.7 Å². The second-order valence-corrected chi connectivity index (χ2v) is 9.41. The van der Waals surface area contributed by atoms with E-state index < -0.39 is 17.8 Å². The quantitative estimate of drug-likeness (QED) is 0.481. The number of H-pyrrole nitrogens is 1. The number of anilines is 2. The molecule has 2 aliphatic rings. The molecule has 1 saturated carbocycles. The highest BCUT2D eigenvalue weighted by molar-refractivity contribution is 5.91. The van der Waals surface area contributed by atoms with E-state index in [1.807, 2.05) is 0 Å². The highest BCUT2D eigenvalue weighted by atomic mass is 19.4. The maximum absolute atomic E-state index is 14.4. The molecule has 2 N–H and O–H groups in total. The van der Waals surface area contributed by atoms with Crippen LogP contribution in [-0.4, -0.2) is 45.6 Å². The Labute approximate surface area is 209 Å². The van der Waals surface area contributed by atoms with E-state index in [0.717, 1.165) is 24.9 Å². The summed E-state index contributed by atoms with van der Waals surface area (Å²) in [6, 6.07) is 9.31. The zero-order valence-electron chi connectivity index (χ0n) is 20.0. The van der Waals surface area contributed by atoms with Crippen LogP contribution in [0.15, 0.2) is 41.3 Å². The number of hydrogen-bond acceptors (Lipinski definition) is 6. The van der Waals surface area contributed by atoms with Crippen LogP contribution in [-0.2, 0) is 10.3 Å². The lowest BCUT2D eigenvalue weighted by Crippen LogP contribution is -2.54. The Balaban J connectivity index is 1.51. The van der Waals surface area contributed by atoms with Crippen LogP contribution in [0, 0.1) is 17.2 Å². The molecule has 1 aliphatic carbocycles. The molecule has 3 heterocycles. The van der Waals surface area contributed by atoms with Crippen molar-refractivity contribution in [2.75, 3.05) is 19.0 Å². The number of aromatic amines is 1. The number of carbonyl (C=O) groups excluding carboxylic acids is 1.